The maximum atomic E-state index is 13.0. The first-order valence-electron chi connectivity index (χ1n) is 8.91. The first-order chi connectivity index (χ1) is 13.0. The zero-order valence-corrected chi connectivity index (χ0v) is 15.3. The number of carbonyl (C=O) groups excluding carboxylic acids is 2. The number of carboxylic acid groups (broad SMARTS) is 1. The van der Waals surface area contributed by atoms with E-state index in [1.165, 1.54) is 4.90 Å². The number of rotatable bonds is 9. The van der Waals surface area contributed by atoms with Gasteiger partial charge in [0.2, 0.25) is 5.91 Å². The Hall–Kier alpha value is -3.15. The standard InChI is InChI=1S/C21H24N2O4/c1-2-23(14-13-19(24)25)21(27)18(15-16-9-5-3-6-10-16)22-20(26)17-11-7-4-8-12-17/h3-12,18H,2,13-15H2,1H3,(H,22,26)(H,24,25). The van der Waals surface area contributed by atoms with Crippen molar-refractivity contribution in [3.8, 4) is 0 Å². The van der Waals surface area contributed by atoms with Gasteiger partial charge in [-0.3, -0.25) is 14.4 Å². The van der Waals surface area contributed by atoms with Crippen molar-refractivity contribution in [1.82, 2.24) is 10.2 Å². The molecule has 0 aliphatic heterocycles. The third kappa shape index (κ3) is 6.26. The number of benzene rings is 2. The van der Waals surface area contributed by atoms with Gasteiger partial charge < -0.3 is 15.3 Å². The van der Waals surface area contributed by atoms with Crippen molar-refractivity contribution >= 4 is 17.8 Å². The summed E-state index contributed by atoms with van der Waals surface area (Å²) in [7, 11) is 0. The lowest BCUT2D eigenvalue weighted by molar-refractivity contribution is -0.139. The average Bonchev–Trinajstić information content (AvgIpc) is 2.69. The van der Waals surface area contributed by atoms with Gasteiger partial charge in [-0.25, -0.2) is 0 Å². The summed E-state index contributed by atoms with van der Waals surface area (Å²) < 4.78 is 0. The molecule has 0 aliphatic carbocycles. The minimum atomic E-state index is -0.964. The number of hydrogen-bond acceptors (Lipinski definition) is 3. The van der Waals surface area contributed by atoms with Crippen molar-refractivity contribution in [3.63, 3.8) is 0 Å². The molecule has 0 spiro atoms. The molecule has 1 unspecified atom stereocenters. The van der Waals surface area contributed by atoms with Crippen LogP contribution in [0.25, 0.3) is 0 Å². The molecule has 2 aromatic rings. The SMILES string of the molecule is CCN(CCC(=O)O)C(=O)C(Cc1ccccc1)NC(=O)c1ccccc1. The van der Waals surface area contributed by atoms with Crippen LogP contribution in [0.15, 0.2) is 60.7 Å². The number of nitrogens with one attached hydrogen (secondary N) is 1. The summed E-state index contributed by atoms with van der Waals surface area (Å²) in [5.41, 5.74) is 1.38. The molecule has 0 heterocycles. The van der Waals surface area contributed by atoms with Gasteiger partial charge in [-0.2, -0.15) is 0 Å². The highest BCUT2D eigenvalue weighted by molar-refractivity contribution is 5.97. The van der Waals surface area contributed by atoms with Gasteiger partial charge >= 0.3 is 5.97 Å². The zero-order chi connectivity index (χ0) is 19.6. The molecule has 6 nitrogen and oxygen atoms in total. The van der Waals surface area contributed by atoms with Gasteiger partial charge in [0.1, 0.15) is 6.04 Å². The second-order valence-corrected chi connectivity index (χ2v) is 6.14. The van der Waals surface area contributed by atoms with Crippen molar-refractivity contribution in [2.75, 3.05) is 13.1 Å². The number of carbonyl (C=O) groups is 3. The lowest BCUT2D eigenvalue weighted by atomic mass is 10.0. The summed E-state index contributed by atoms with van der Waals surface area (Å²) in [6.45, 7) is 2.27. The molecule has 2 rings (SSSR count). The topological polar surface area (TPSA) is 86.7 Å². The number of likely N-dealkylation sites (N-methyl/N-ethyl adjacent to an activating group) is 1. The van der Waals surface area contributed by atoms with Crippen molar-refractivity contribution < 1.29 is 19.5 Å². The second kappa shape index (κ2) is 10.1. The van der Waals surface area contributed by atoms with Crippen molar-refractivity contribution in [2.24, 2.45) is 0 Å². The fourth-order valence-corrected chi connectivity index (χ4v) is 2.76. The molecule has 2 N–H and O–H groups in total. The van der Waals surface area contributed by atoms with Gasteiger partial charge in [-0.05, 0) is 24.6 Å². The molecule has 0 aliphatic rings. The fraction of sp³-hybridized carbons (Fsp3) is 0.286. The van der Waals surface area contributed by atoms with Crippen LogP contribution >= 0.6 is 0 Å². The maximum Gasteiger partial charge on any atom is 0.305 e. The van der Waals surface area contributed by atoms with Gasteiger partial charge in [-0.1, -0.05) is 48.5 Å². The summed E-state index contributed by atoms with van der Waals surface area (Å²) >= 11 is 0. The third-order valence-corrected chi connectivity index (χ3v) is 4.21. The van der Waals surface area contributed by atoms with Gasteiger partial charge in [0, 0.05) is 25.1 Å². The molecule has 0 radical (unpaired) electrons. The number of hydrogen-bond donors (Lipinski definition) is 2. The van der Waals surface area contributed by atoms with Crippen LogP contribution in [-0.4, -0.2) is 46.9 Å². The minimum Gasteiger partial charge on any atom is -0.481 e. The van der Waals surface area contributed by atoms with E-state index < -0.39 is 12.0 Å². The Labute approximate surface area is 158 Å². The molecule has 0 saturated heterocycles. The van der Waals surface area contributed by atoms with Crippen LogP contribution in [0.4, 0.5) is 0 Å². The Morgan fingerprint density at radius 2 is 1.59 bits per heavy atom. The first-order valence-corrected chi connectivity index (χ1v) is 8.91. The molecule has 27 heavy (non-hydrogen) atoms. The number of nitrogens with zero attached hydrogens (tertiary/aromatic N) is 1. The molecular formula is C21H24N2O4. The van der Waals surface area contributed by atoms with Crippen LogP contribution in [0, 0.1) is 0 Å². The predicted molar refractivity (Wildman–Crippen MR) is 102 cm³/mol. The lowest BCUT2D eigenvalue weighted by Gasteiger charge is -2.26. The van der Waals surface area contributed by atoms with E-state index in [0.717, 1.165) is 5.56 Å². The lowest BCUT2D eigenvalue weighted by Crippen LogP contribution is -2.50. The van der Waals surface area contributed by atoms with E-state index in [1.807, 2.05) is 36.4 Å². The third-order valence-electron chi connectivity index (χ3n) is 4.21. The molecule has 142 valence electrons. The van der Waals surface area contributed by atoms with Crippen LogP contribution in [0.1, 0.15) is 29.3 Å². The smallest absolute Gasteiger partial charge is 0.305 e. The van der Waals surface area contributed by atoms with Crippen LogP contribution in [0.2, 0.25) is 0 Å². The van der Waals surface area contributed by atoms with E-state index in [9.17, 15) is 14.4 Å². The monoisotopic (exact) mass is 368 g/mol. The second-order valence-electron chi connectivity index (χ2n) is 6.14. The highest BCUT2D eigenvalue weighted by Crippen LogP contribution is 2.09. The molecule has 0 aromatic heterocycles. The van der Waals surface area contributed by atoms with Crippen LogP contribution < -0.4 is 5.32 Å². The maximum absolute atomic E-state index is 13.0. The fourth-order valence-electron chi connectivity index (χ4n) is 2.76. The Morgan fingerprint density at radius 3 is 2.15 bits per heavy atom. The largest absolute Gasteiger partial charge is 0.481 e. The Kier molecular flexibility index (Phi) is 7.55. The summed E-state index contributed by atoms with van der Waals surface area (Å²) in [6.07, 6.45) is 0.200. The van der Waals surface area contributed by atoms with Gasteiger partial charge in [0.25, 0.3) is 5.91 Å². The summed E-state index contributed by atoms with van der Waals surface area (Å²) in [4.78, 5) is 37.9. The zero-order valence-electron chi connectivity index (χ0n) is 15.3. The van der Waals surface area contributed by atoms with Gasteiger partial charge in [-0.15, -0.1) is 0 Å². The Balaban J connectivity index is 2.18. The Bertz CT molecular complexity index is 762. The summed E-state index contributed by atoms with van der Waals surface area (Å²) in [5, 5.41) is 11.7. The number of amides is 2. The van der Waals surface area contributed by atoms with E-state index in [4.69, 9.17) is 5.11 Å². The highest BCUT2D eigenvalue weighted by Gasteiger charge is 2.26. The number of aliphatic carboxylic acids is 1. The molecule has 0 fully saturated rings. The molecule has 0 saturated carbocycles. The quantitative estimate of drug-likeness (QED) is 0.711. The van der Waals surface area contributed by atoms with Crippen molar-refractivity contribution in [2.45, 2.75) is 25.8 Å². The van der Waals surface area contributed by atoms with Crippen LogP contribution in [-0.2, 0) is 16.0 Å². The van der Waals surface area contributed by atoms with E-state index in [-0.39, 0.29) is 24.8 Å². The average molecular weight is 368 g/mol. The summed E-state index contributed by atoms with van der Waals surface area (Å²) in [6, 6.07) is 17.3. The van der Waals surface area contributed by atoms with E-state index in [1.54, 1.807) is 31.2 Å². The van der Waals surface area contributed by atoms with E-state index >= 15 is 0 Å². The van der Waals surface area contributed by atoms with Crippen molar-refractivity contribution in [1.29, 1.82) is 0 Å². The number of carboxylic acids is 1. The van der Waals surface area contributed by atoms with E-state index in [2.05, 4.69) is 5.32 Å². The molecule has 2 amide bonds. The van der Waals surface area contributed by atoms with Gasteiger partial charge in [0.15, 0.2) is 0 Å². The molecule has 2 aromatic carbocycles. The molecule has 6 heteroatoms. The van der Waals surface area contributed by atoms with Crippen molar-refractivity contribution in [3.05, 3.63) is 71.8 Å². The first kappa shape index (κ1) is 20.2. The normalized spacial score (nSPS) is 11.4. The highest BCUT2D eigenvalue weighted by atomic mass is 16.4. The van der Waals surface area contributed by atoms with Crippen LogP contribution in [0.3, 0.4) is 0 Å². The predicted octanol–water partition coefficient (Wildman–Crippen LogP) is 2.35. The molecule has 1 atom stereocenters. The molecule has 0 bridgehead atoms. The minimum absolute atomic E-state index is 0.108. The molecular weight excluding hydrogens is 344 g/mol. The van der Waals surface area contributed by atoms with Crippen LogP contribution in [0.5, 0.6) is 0 Å². The van der Waals surface area contributed by atoms with E-state index in [0.29, 0.717) is 18.5 Å². The Morgan fingerprint density at radius 1 is 1.00 bits per heavy atom. The van der Waals surface area contributed by atoms with Gasteiger partial charge in [0.05, 0.1) is 6.42 Å². The summed E-state index contributed by atoms with van der Waals surface area (Å²) in [5.74, 6) is -1.58.